The van der Waals surface area contributed by atoms with Gasteiger partial charge in [-0.05, 0) is 52.0 Å². The highest BCUT2D eigenvalue weighted by atomic mass is 16.6. The van der Waals surface area contributed by atoms with Gasteiger partial charge >= 0.3 is 12.0 Å². The number of aryl methyl sites for hydroxylation is 1. The lowest BCUT2D eigenvalue weighted by Gasteiger charge is -2.20. The molecule has 4 rings (SSSR count). The molecule has 13 nitrogen and oxygen atoms in total. The molecule has 0 atom stereocenters. The van der Waals surface area contributed by atoms with Gasteiger partial charge in [-0.25, -0.2) is 9.78 Å². The summed E-state index contributed by atoms with van der Waals surface area (Å²) >= 11 is 0. The summed E-state index contributed by atoms with van der Waals surface area (Å²) in [5.41, 5.74) is 11.9. The number of nitrogens with two attached hydrogens (primary N) is 2. The third-order valence-corrected chi connectivity index (χ3v) is 4.86. The number of nitrogens with one attached hydrogen (secondary N) is 4. The summed E-state index contributed by atoms with van der Waals surface area (Å²) in [5.74, 6) is -0.0579. The molecule has 0 unspecified atom stereocenters. The van der Waals surface area contributed by atoms with Gasteiger partial charge in [-0.3, -0.25) is 10.8 Å². The summed E-state index contributed by atoms with van der Waals surface area (Å²) < 4.78 is 17.5. The number of carbonyl (C=O) groups is 1. The summed E-state index contributed by atoms with van der Waals surface area (Å²) in [5, 5.41) is 17.9. The van der Waals surface area contributed by atoms with Crippen molar-refractivity contribution in [1.29, 1.82) is 10.8 Å². The van der Waals surface area contributed by atoms with Crippen molar-refractivity contribution in [3.63, 3.8) is 0 Å². The van der Waals surface area contributed by atoms with E-state index in [1.807, 2.05) is 0 Å². The SMILES string of the molecule is Cc1nc2nc(Oc3cccc(NC(=N)N)c3)nc(Oc3cc(C(=N)N)ccc3C(=O)OC(C)(C)C)c2[nH]1. The first-order valence-corrected chi connectivity index (χ1v) is 11.4. The van der Waals surface area contributed by atoms with Crippen LogP contribution < -0.4 is 26.3 Å². The molecule has 0 bridgehead atoms. The van der Waals surface area contributed by atoms with E-state index in [9.17, 15) is 4.79 Å². The van der Waals surface area contributed by atoms with Crippen molar-refractivity contribution in [2.75, 3.05) is 5.32 Å². The van der Waals surface area contributed by atoms with Gasteiger partial charge in [0.1, 0.15) is 39.8 Å². The number of anilines is 1. The minimum Gasteiger partial charge on any atom is -0.456 e. The van der Waals surface area contributed by atoms with E-state index in [-0.39, 0.29) is 40.6 Å². The Bertz CT molecular complexity index is 1560. The summed E-state index contributed by atoms with van der Waals surface area (Å²) in [4.78, 5) is 29.1. The molecule has 0 fully saturated rings. The molecule has 0 saturated carbocycles. The monoisotopic (exact) mass is 517 g/mol. The standard InChI is InChI=1S/C25H27N9O4/c1-12-30-18-20(31-12)33-24(36-15-7-5-6-14(11-15)32-23(28)29)34-21(18)37-17-10-13(19(26)27)8-9-16(17)22(35)38-25(2,3)4/h5-11H,1-4H3,(H3,26,27)(H4,28,29,32)(H,30,31,33,34). The first-order valence-electron chi connectivity index (χ1n) is 11.4. The first-order chi connectivity index (χ1) is 17.9. The first kappa shape index (κ1) is 25.9. The third-order valence-electron chi connectivity index (χ3n) is 4.86. The number of hydrogen-bond donors (Lipinski definition) is 6. The van der Waals surface area contributed by atoms with E-state index in [0.29, 0.717) is 28.3 Å². The Labute approximate surface area is 217 Å². The molecule has 2 aromatic heterocycles. The quantitative estimate of drug-likeness (QED) is 0.118. The molecule has 0 aliphatic carbocycles. The maximum absolute atomic E-state index is 12.9. The molecule has 2 aromatic carbocycles. The Hall–Kier alpha value is -5.20. The molecule has 0 radical (unpaired) electrons. The van der Waals surface area contributed by atoms with Gasteiger partial charge in [0.2, 0.25) is 0 Å². The number of benzene rings is 2. The van der Waals surface area contributed by atoms with Crippen molar-refractivity contribution in [3.05, 3.63) is 59.4 Å². The number of carbonyl (C=O) groups excluding carboxylic acids is 1. The molecule has 38 heavy (non-hydrogen) atoms. The number of imidazole rings is 1. The van der Waals surface area contributed by atoms with E-state index in [1.54, 1.807) is 52.0 Å². The van der Waals surface area contributed by atoms with Crippen LogP contribution in [-0.2, 0) is 4.74 Å². The number of rotatable bonds is 7. The van der Waals surface area contributed by atoms with E-state index in [4.69, 9.17) is 36.5 Å². The zero-order valence-corrected chi connectivity index (χ0v) is 21.2. The summed E-state index contributed by atoms with van der Waals surface area (Å²) in [6, 6.07) is 11.1. The molecule has 13 heteroatoms. The third kappa shape index (κ3) is 6.13. The van der Waals surface area contributed by atoms with Crippen LogP contribution in [-0.4, -0.2) is 43.3 Å². The molecule has 0 aliphatic heterocycles. The largest absolute Gasteiger partial charge is 0.456 e. The highest BCUT2D eigenvalue weighted by Gasteiger charge is 2.24. The number of nitrogen functional groups attached to an aromatic ring is 1. The second kappa shape index (κ2) is 10.0. The van der Waals surface area contributed by atoms with E-state index in [2.05, 4.69) is 25.3 Å². The Morgan fingerprint density at radius 1 is 1.03 bits per heavy atom. The van der Waals surface area contributed by atoms with E-state index < -0.39 is 11.6 Å². The molecule has 0 spiro atoms. The second-order valence-electron chi connectivity index (χ2n) is 9.23. The molecule has 2 heterocycles. The van der Waals surface area contributed by atoms with Gasteiger partial charge in [0.15, 0.2) is 11.6 Å². The fourth-order valence-corrected chi connectivity index (χ4v) is 3.37. The van der Waals surface area contributed by atoms with Gasteiger partial charge < -0.3 is 36.0 Å². The van der Waals surface area contributed by atoms with Gasteiger partial charge in [0.25, 0.3) is 5.88 Å². The molecular weight excluding hydrogens is 490 g/mol. The highest BCUT2D eigenvalue weighted by molar-refractivity contribution is 5.99. The summed E-state index contributed by atoms with van der Waals surface area (Å²) in [6.07, 6.45) is 0. The molecule has 0 saturated heterocycles. The van der Waals surface area contributed by atoms with Crippen molar-refractivity contribution < 1.29 is 19.0 Å². The van der Waals surface area contributed by atoms with E-state index in [0.717, 1.165) is 0 Å². The second-order valence-corrected chi connectivity index (χ2v) is 9.23. The van der Waals surface area contributed by atoms with Crippen molar-refractivity contribution >= 4 is 34.6 Å². The predicted molar refractivity (Wildman–Crippen MR) is 141 cm³/mol. The van der Waals surface area contributed by atoms with Crippen LogP contribution in [0, 0.1) is 17.7 Å². The van der Waals surface area contributed by atoms with Crippen molar-refractivity contribution in [2.45, 2.75) is 33.3 Å². The van der Waals surface area contributed by atoms with Crippen LogP contribution in [0.1, 0.15) is 42.5 Å². The lowest BCUT2D eigenvalue weighted by Crippen LogP contribution is -2.24. The number of nitrogens with zero attached hydrogens (tertiary/aromatic N) is 3. The van der Waals surface area contributed by atoms with Crippen LogP contribution in [0.25, 0.3) is 11.2 Å². The number of H-pyrrole nitrogens is 1. The predicted octanol–water partition coefficient (Wildman–Crippen LogP) is 3.79. The smallest absolute Gasteiger partial charge is 0.342 e. The zero-order valence-electron chi connectivity index (χ0n) is 21.2. The van der Waals surface area contributed by atoms with E-state index in [1.165, 1.54) is 18.2 Å². The number of fused-ring (bicyclic) bond motifs is 1. The van der Waals surface area contributed by atoms with Gasteiger partial charge in [-0.1, -0.05) is 12.1 Å². The van der Waals surface area contributed by atoms with Crippen LogP contribution in [0.4, 0.5) is 5.69 Å². The molecular formula is C25H27N9O4. The number of amidine groups is 1. The maximum Gasteiger partial charge on any atom is 0.342 e. The fraction of sp³-hybridized carbons (Fsp3) is 0.200. The van der Waals surface area contributed by atoms with Crippen molar-refractivity contribution in [3.8, 4) is 23.4 Å². The molecule has 8 N–H and O–H groups in total. The minimum absolute atomic E-state index is 0.0223. The lowest BCUT2D eigenvalue weighted by molar-refractivity contribution is 0.00671. The van der Waals surface area contributed by atoms with Crippen LogP contribution >= 0.6 is 0 Å². The Balaban J connectivity index is 1.76. The molecule has 4 aromatic rings. The summed E-state index contributed by atoms with van der Waals surface area (Å²) in [6.45, 7) is 7.00. The Morgan fingerprint density at radius 2 is 1.79 bits per heavy atom. The van der Waals surface area contributed by atoms with Crippen LogP contribution in [0.5, 0.6) is 23.4 Å². The topological polar surface area (TPSA) is 211 Å². The number of aromatic amines is 1. The normalized spacial score (nSPS) is 11.2. The van der Waals surface area contributed by atoms with Crippen LogP contribution in [0.15, 0.2) is 42.5 Å². The van der Waals surface area contributed by atoms with Gasteiger partial charge in [0, 0.05) is 17.3 Å². The number of aromatic nitrogens is 4. The summed E-state index contributed by atoms with van der Waals surface area (Å²) in [7, 11) is 0. The minimum atomic E-state index is -0.747. The van der Waals surface area contributed by atoms with Crippen LogP contribution in [0.2, 0.25) is 0 Å². The van der Waals surface area contributed by atoms with Gasteiger partial charge in [-0.2, -0.15) is 9.97 Å². The Kier molecular flexibility index (Phi) is 6.84. The molecule has 0 aliphatic rings. The van der Waals surface area contributed by atoms with Crippen molar-refractivity contribution in [1.82, 2.24) is 19.9 Å². The number of esters is 1. The number of hydrogen-bond acceptors (Lipinski definition) is 9. The average Bonchev–Trinajstić information content (AvgIpc) is 3.18. The van der Waals surface area contributed by atoms with Gasteiger partial charge in [0.05, 0.1) is 0 Å². The van der Waals surface area contributed by atoms with Crippen molar-refractivity contribution in [2.24, 2.45) is 11.5 Å². The molecule has 196 valence electrons. The fourth-order valence-electron chi connectivity index (χ4n) is 3.37. The average molecular weight is 518 g/mol. The maximum atomic E-state index is 12.9. The number of guanidine groups is 1. The van der Waals surface area contributed by atoms with Crippen LogP contribution in [0.3, 0.4) is 0 Å². The van der Waals surface area contributed by atoms with Gasteiger partial charge in [-0.15, -0.1) is 0 Å². The molecule has 0 amide bonds. The highest BCUT2D eigenvalue weighted by Crippen LogP contribution is 2.33. The lowest BCUT2D eigenvalue weighted by atomic mass is 10.1. The Morgan fingerprint density at radius 3 is 2.47 bits per heavy atom. The number of ether oxygens (including phenoxy) is 3. The van der Waals surface area contributed by atoms with E-state index >= 15 is 0 Å². The zero-order chi connectivity index (χ0) is 27.6.